The molecule has 1 fully saturated rings. The van der Waals surface area contributed by atoms with Crippen molar-refractivity contribution in [2.45, 2.75) is 18.9 Å². The lowest BCUT2D eigenvalue weighted by Gasteiger charge is -2.24. The van der Waals surface area contributed by atoms with Crippen LogP contribution in [0.5, 0.6) is 5.75 Å². The highest BCUT2D eigenvalue weighted by Gasteiger charge is 2.28. The molecule has 1 saturated heterocycles. The summed E-state index contributed by atoms with van der Waals surface area (Å²) in [7, 11) is 0. The third kappa shape index (κ3) is 3.02. The van der Waals surface area contributed by atoms with E-state index in [1.165, 1.54) is 0 Å². The highest BCUT2D eigenvalue weighted by molar-refractivity contribution is 7.22. The van der Waals surface area contributed by atoms with Gasteiger partial charge in [0.25, 0.3) is 0 Å². The van der Waals surface area contributed by atoms with Gasteiger partial charge in [-0.2, -0.15) is 0 Å². The Balaban J connectivity index is 1.51. The molecule has 1 N–H and O–H groups in total. The largest absolute Gasteiger partial charge is 0.508 e. The third-order valence-electron chi connectivity index (χ3n) is 5.01. The first-order valence-electron chi connectivity index (χ1n) is 9.00. The van der Waals surface area contributed by atoms with Crippen LogP contribution in [0.2, 0.25) is 0 Å². The van der Waals surface area contributed by atoms with Crippen molar-refractivity contribution in [1.29, 1.82) is 0 Å². The molecule has 0 bridgehead atoms. The zero-order valence-electron chi connectivity index (χ0n) is 14.6. The fourth-order valence-electron chi connectivity index (χ4n) is 3.73. The summed E-state index contributed by atoms with van der Waals surface area (Å²) < 4.78 is 1.16. The molecule has 5 nitrogen and oxygen atoms in total. The number of aromatic hydroxyl groups is 1. The van der Waals surface area contributed by atoms with Crippen molar-refractivity contribution in [2.24, 2.45) is 0 Å². The molecule has 0 amide bonds. The summed E-state index contributed by atoms with van der Waals surface area (Å²) in [5.41, 5.74) is 4.15. The van der Waals surface area contributed by atoms with Crippen molar-refractivity contribution in [3.05, 3.63) is 66.6 Å². The van der Waals surface area contributed by atoms with Gasteiger partial charge in [-0.3, -0.25) is 0 Å². The molecule has 1 unspecified atom stereocenters. The standard InChI is InChI=1S/C21H18N4OS/c26-16-4-1-3-15(11-16)19-5-2-10-25(19)21-24-18-7-6-14(12-20(18)27-21)17-8-9-22-13-23-17/h1,3-4,6-9,11-13,19,26H,2,5,10H2. The Bertz CT molecular complexity index is 1100. The maximum Gasteiger partial charge on any atom is 0.186 e. The van der Waals surface area contributed by atoms with Crippen LogP contribution in [0.1, 0.15) is 24.4 Å². The zero-order chi connectivity index (χ0) is 18.2. The van der Waals surface area contributed by atoms with Crippen LogP contribution in [-0.2, 0) is 0 Å². The van der Waals surface area contributed by atoms with Crippen molar-refractivity contribution < 1.29 is 5.11 Å². The second-order valence-corrected chi connectivity index (χ2v) is 7.73. The minimum atomic E-state index is 0.263. The molecule has 0 radical (unpaired) electrons. The Kier molecular flexibility index (Phi) is 3.98. The predicted molar refractivity (Wildman–Crippen MR) is 108 cm³/mol. The van der Waals surface area contributed by atoms with E-state index in [1.54, 1.807) is 29.9 Å². The monoisotopic (exact) mass is 374 g/mol. The Morgan fingerprint density at radius 3 is 2.93 bits per heavy atom. The van der Waals surface area contributed by atoms with Gasteiger partial charge in [0.05, 0.1) is 22.0 Å². The summed E-state index contributed by atoms with van der Waals surface area (Å²) in [4.78, 5) is 15.6. The number of phenolic OH excluding ortho intramolecular Hbond substituents is 1. The first-order chi connectivity index (χ1) is 13.3. The summed E-state index contributed by atoms with van der Waals surface area (Å²) in [5.74, 6) is 0.318. The second kappa shape index (κ2) is 6.63. The molecule has 1 aliphatic rings. The van der Waals surface area contributed by atoms with Crippen LogP contribution in [0.3, 0.4) is 0 Å². The number of hydrogen-bond donors (Lipinski definition) is 1. The van der Waals surface area contributed by atoms with Gasteiger partial charge in [-0.1, -0.05) is 29.5 Å². The van der Waals surface area contributed by atoms with Crippen LogP contribution in [0.15, 0.2) is 61.1 Å². The number of nitrogens with zero attached hydrogens (tertiary/aromatic N) is 4. The number of anilines is 1. The lowest BCUT2D eigenvalue weighted by atomic mass is 10.0. The van der Waals surface area contributed by atoms with Gasteiger partial charge in [0.2, 0.25) is 0 Å². The topological polar surface area (TPSA) is 62.1 Å². The Morgan fingerprint density at radius 2 is 2.07 bits per heavy atom. The molecule has 2 aromatic carbocycles. The number of phenols is 1. The maximum atomic E-state index is 9.84. The average molecular weight is 374 g/mol. The number of thiazole rings is 1. The number of rotatable bonds is 3. The first kappa shape index (κ1) is 16.2. The fourth-order valence-corrected chi connectivity index (χ4v) is 4.81. The van der Waals surface area contributed by atoms with Crippen LogP contribution < -0.4 is 4.90 Å². The molecule has 134 valence electrons. The van der Waals surface area contributed by atoms with Gasteiger partial charge in [0, 0.05) is 18.3 Å². The molecule has 0 spiro atoms. The SMILES string of the molecule is Oc1cccc(C2CCCN2c2nc3ccc(-c4ccncn4)cc3s2)c1. The molecule has 0 saturated carbocycles. The fraction of sp³-hybridized carbons (Fsp3) is 0.190. The zero-order valence-corrected chi connectivity index (χ0v) is 15.4. The summed E-state index contributed by atoms with van der Waals surface area (Å²) in [5, 5.41) is 10.9. The van der Waals surface area contributed by atoms with Gasteiger partial charge >= 0.3 is 0 Å². The number of fused-ring (bicyclic) bond motifs is 1. The molecule has 0 aliphatic carbocycles. The van der Waals surface area contributed by atoms with E-state index in [2.05, 4.69) is 39.1 Å². The van der Waals surface area contributed by atoms with Crippen molar-refractivity contribution in [3.63, 3.8) is 0 Å². The third-order valence-corrected chi connectivity index (χ3v) is 6.06. The first-order valence-corrected chi connectivity index (χ1v) is 9.82. The van der Waals surface area contributed by atoms with Crippen LogP contribution in [-0.4, -0.2) is 26.6 Å². The van der Waals surface area contributed by atoms with Crippen molar-refractivity contribution >= 4 is 26.7 Å². The quantitative estimate of drug-likeness (QED) is 0.558. The number of aromatic nitrogens is 3. The second-order valence-electron chi connectivity index (χ2n) is 6.72. The smallest absolute Gasteiger partial charge is 0.186 e. The van der Waals surface area contributed by atoms with E-state index in [0.717, 1.165) is 51.6 Å². The molecule has 5 rings (SSSR count). The van der Waals surface area contributed by atoms with Crippen LogP contribution in [0, 0.1) is 0 Å². The van der Waals surface area contributed by atoms with Crippen LogP contribution >= 0.6 is 11.3 Å². The average Bonchev–Trinajstić information content (AvgIpc) is 3.35. The Morgan fingerprint density at radius 1 is 1.11 bits per heavy atom. The molecule has 3 heterocycles. The summed E-state index contributed by atoms with van der Waals surface area (Å²) >= 11 is 1.71. The molecule has 2 aromatic heterocycles. The Labute approximate surface area is 161 Å². The van der Waals surface area contributed by atoms with Crippen LogP contribution in [0.25, 0.3) is 21.5 Å². The minimum absolute atomic E-state index is 0.263. The molecule has 27 heavy (non-hydrogen) atoms. The van der Waals surface area contributed by atoms with E-state index in [9.17, 15) is 5.11 Å². The van der Waals surface area contributed by atoms with Gasteiger partial charge < -0.3 is 10.0 Å². The van der Waals surface area contributed by atoms with E-state index < -0.39 is 0 Å². The van der Waals surface area contributed by atoms with Gasteiger partial charge in [0.15, 0.2) is 5.13 Å². The van der Waals surface area contributed by atoms with E-state index in [4.69, 9.17) is 4.98 Å². The van der Waals surface area contributed by atoms with Crippen molar-refractivity contribution in [3.8, 4) is 17.0 Å². The normalized spacial score (nSPS) is 16.9. The molecule has 1 aliphatic heterocycles. The summed E-state index contributed by atoms with van der Waals surface area (Å²) in [6.07, 6.45) is 5.53. The number of hydrogen-bond acceptors (Lipinski definition) is 6. The highest BCUT2D eigenvalue weighted by Crippen LogP contribution is 2.40. The Hall–Kier alpha value is -2.99. The van der Waals surface area contributed by atoms with Crippen molar-refractivity contribution in [1.82, 2.24) is 15.0 Å². The molecule has 1 atom stereocenters. The minimum Gasteiger partial charge on any atom is -0.508 e. The van der Waals surface area contributed by atoms with Crippen LogP contribution in [0.4, 0.5) is 5.13 Å². The van der Waals surface area contributed by atoms with Gasteiger partial charge in [-0.05, 0) is 48.7 Å². The number of benzene rings is 2. The molecular weight excluding hydrogens is 356 g/mol. The maximum absolute atomic E-state index is 9.84. The van der Waals surface area contributed by atoms with Gasteiger partial charge in [0.1, 0.15) is 12.1 Å². The molecule has 6 heteroatoms. The van der Waals surface area contributed by atoms with Crippen molar-refractivity contribution in [2.75, 3.05) is 11.4 Å². The van der Waals surface area contributed by atoms with Gasteiger partial charge in [-0.25, -0.2) is 15.0 Å². The summed E-state index contributed by atoms with van der Waals surface area (Å²) in [6.45, 7) is 0.985. The van der Waals surface area contributed by atoms with E-state index in [1.807, 2.05) is 18.2 Å². The molecular formula is C21H18N4OS. The predicted octanol–water partition coefficient (Wildman–Crippen LogP) is 4.80. The lowest BCUT2D eigenvalue weighted by Crippen LogP contribution is -2.22. The highest BCUT2D eigenvalue weighted by atomic mass is 32.1. The lowest BCUT2D eigenvalue weighted by molar-refractivity contribution is 0.473. The molecule has 4 aromatic rings. The van der Waals surface area contributed by atoms with Gasteiger partial charge in [-0.15, -0.1) is 0 Å². The summed E-state index contributed by atoms with van der Waals surface area (Å²) in [6, 6.07) is 16.0. The van der Waals surface area contributed by atoms with E-state index in [0.29, 0.717) is 5.75 Å². The van der Waals surface area contributed by atoms with E-state index >= 15 is 0 Å². The van der Waals surface area contributed by atoms with E-state index in [-0.39, 0.29) is 6.04 Å².